The van der Waals surface area contributed by atoms with Gasteiger partial charge in [0.2, 0.25) is 0 Å². The Morgan fingerprint density at radius 3 is 2.80 bits per heavy atom. The zero-order chi connectivity index (χ0) is 31.7. The monoisotopic (exact) mass is 692 g/mol. The number of hydrogen-bond acceptors (Lipinski definition) is 10. The molecule has 10 nitrogen and oxygen atoms in total. The van der Waals surface area contributed by atoms with Gasteiger partial charge in [0.25, 0.3) is 5.91 Å². The molecule has 5 atom stereocenters. The van der Waals surface area contributed by atoms with Crippen molar-refractivity contribution in [2.45, 2.75) is 63.7 Å². The average Bonchev–Trinajstić information content (AvgIpc) is 3.84. The minimum absolute atomic E-state index is 0.0421. The van der Waals surface area contributed by atoms with Crippen LogP contribution in [-0.4, -0.2) is 58.3 Å². The van der Waals surface area contributed by atoms with Gasteiger partial charge in [-0.3, -0.25) is 9.59 Å². The fraction of sp³-hybridized carbons (Fsp3) is 0.387. The van der Waals surface area contributed by atoms with E-state index in [4.69, 9.17) is 22.9 Å². The third-order valence-corrected chi connectivity index (χ3v) is 12.9. The predicted octanol–water partition coefficient (Wildman–Crippen LogP) is 6.07. The highest BCUT2D eigenvalue weighted by Gasteiger charge is 2.42. The van der Waals surface area contributed by atoms with Crippen molar-refractivity contribution < 1.29 is 14.0 Å². The van der Waals surface area contributed by atoms with Gasteiger partial charge in [-0.05, 0) is 62.5 Å². The summed E-state index contributed by atoms with van der Waals surface area (Å²) in [6.45, 7) is 1.72. The van der Waals surface area contributed by atoms with Crippen molar-refractivity contribution in [2.24, 2.45) is 17.6 Å². The van der Waals surface area contributed by atoms with Gasteiger partial charge in [0.1, 0.15) is 22.4 Å². The number of rotatable bonds is 8. The number of aromatic nitrogens is 6. The Morgan fingerprint density at radius 2 is 1.98 bits per heavy atom. The maximum absolute atomic E-state index is 14.9. The van der Waals surface area contributed by atoms with Gasteiger partial charge in [0, 0.05) is 56.2 Å². The highest BCUT2D eigenvalue weighted by Crippen LogP contribution is 2.42. The summed E-state index contributed by atoms with van der Waals surface area (Å²) in [7, 11) is 0. The quantitative estimate of drug-likeness (QED) is 0.184. The van der Waals surface area contributed by atoms with Crippen LogP contribution >= 0.6 is 46.2 Å². The summed E-state index contributed by atoms with van der Waals surface area (Å²) in [6.07, 6.45) is 5.73. The van der Waals surface area contributed by atoms with Crippen LogP contribution in [0.1, 0.15) is 59.1 Å². The number of ketones is 1. The zero-order valence-corrected chi connectivity index (χ0v) is 27.9. The van der Waals surface area contributed by atoms with Crippen molar-refractivity contribution >= 4 is 88.3 Å². The van der Waals surface area contributed by atoms with Gasteiger partial charge >= 0.3 is 0 Å². The summed E-state index contributed by atoms with van der Waals surface area (Å²) in [5.74, 6) is -1.42. The number of amides is 1. The van der Waals surface area contributed by atoms with Gasteiger partial charge in [-0.2, -0.15) is 10.2 Å². The van der Waals surface area contributed by atoms with Crippen LogP contribution in [0.5, 0.6) is 0 Å². The third kappa shape index (κ3) is 5.32. The number of fused-ring (bicyclic) bond motifs is 3. The zero-order valence-electron chi connectivity index (χ0n) is 24.7. The van der Waals surface area contributed by atoms with Crippen LogP contribution < -0.4 is 11.1 Å². The van der Waals surface area contributed by atoms with E-state index in [2.05, 4.69) is 38.0 Å². The van der Waals surface area contributed by atoms with Gasteiger partial charge in [-0.25, -0.2) is 23.6 Å². The number of thiophene rings is 2. The fourth-order valence-corrected chi connectivity index (χ4v) is 10.6. The van der Waals surface area contributed by atoms with Crippen LogP contribution in [0.2, 0.25) is 0 Å². The SMILES string of the molecule is Cc1cc2ncc(-c3nc4c(s3)c(C(N)=O)nn4CC(=O)C3C[C@H](F)C[C@H]3C(=S)NC3CCC(c4cc5sccc5s4)C3)cn2n1. The van der Waals surface area contributed by atoms with E-state index in [0.29, 0.717) is 37.5 Å². The molecule has 2 fully saturated rings. The Balaban J connectivity index is 0.993. The molecule has 8 rings (SSSR count). The first kappa shape index (κ1) is 29.7. The van der Waals surface area contributed by atoms with E-state index in [-0.39, 0.29) is 36.9 Å². The lowest BCUT2D eigenvalue weighted by atomic mass is 9.91. The first-order valence-electron chi connectivity index (χ1n) is 15.1. The summed E-state index contributed by atoms with van der Waals surface area (Å²) in [6, 6.07) is 6.55. The van der Waals surface area contributed by atoms with Crippen molar-refractivity contribution in [3.8, 4) is 10.6 Å². The average molecular weight is 693 g/mol. The molecule has 2 aliphatic rings. The number of hydrogen-bond donors (Lipinski definition) is 2. The van der Waals surface area contributed by atoms with Gasteiger partial charge < -0.3 is 11.1 Å². The number of nitrogens with one attached hydrogen (secondary N) is 1. The van der Waals surface area contributed by atoms with E-state index in [1.807, 2.05) is 30.5 Å². The molecular formula is C31H29FN8O2S4. The lowest BCUT2D eigenvalue weighted by Gasteiger charge is -2.23. The molecule has 0 radical (unpaired) electrons. The number of carbonyl (C=O) groups is 2. The molecule has 0 spiro atoms. The molecule has 15 heteroatoms. The smallest absolute Gasteiger partial charge is 0.270 e. The number of alkyl halides is 1. The second-order valence-electron chi connectivity index (χ2n) is 12.2. The van der Waals surface area contributed by atoms with Crippen molar-refractivity contribution in [3.05, 3.63) is 52.2 Å². The number of aryl methyl sites for hydroxylation is 1. The molecule has 236 valence electrons. The highest BCUT2D eigenvalue weighted by molar-refractivity contribution is 7.80. The molecule has 3 unspecified atom stereocenters. The number of primary amides is 1. The van der Waals surface area contributed by atoms with Crippen molar-refractivity contribution in [2.75, 3.05) is 0 Å². The van der Waals surface area contributed by atoms with E-state index < -0.39 is 23.9 Å². The van der Waals surface area contributed by atoms with E-state index in [1.54, 1.807) is 22.0 Å². The Hall–Kier alpha value is -3.66. The number of carbonyl (C=O) groups excluding carboxylic acids is 2. The first-order valence-corrected chi connectivity index (χ1v) is 18.1. The molecule has 0 saturated heterocycles. The largest absolute Gasteiger partial charge is 0.377 e. The maximum atomic E-state index is 14.9. The number of thiazole rings is 1. The Bertz CT molecular complexity index is 2130. The molecule has 0 aromatic carbocycles. The van der Waals surface area contributed by atoms with Crippen LogP contribution in [0.4, 0.5) is 4.39 Å². The molecule has 2 saturated carbocycles. The molecule has 6 aromatic heterocycles. The van der Waals surface area contributed by atoms with Gasteiger partial charge in [0.15, 0.2) is 22.8 Å². The Morgan fingerprint density at radius 1 is 1.13 bits per heavy atom. The van der Waals surface area contributed by atoms with Crippen molar-refractivity contribution in [3.63, 3.8) is 0 Å². The van der Waals surface area contributed by atoms with Crippen LogP contribution in [0.15, 0.2) is 36.0 Å². The topological polar surface area (TPSA) is 133 Å². The highest BCUT2D eigenvalue weighted by atomic mass is 32.1. The molecule has 6 aromatic rings. The maximum Gasteiger partial charge on any atom is 0.270 e. The van der Waals surface area contributed by atoms with Crippen LogP contribution in [0.3, 0.4) is 0 Å². The Kier molecular flexibility index (Phi) is 7.46. The normalized spacial score (nSPS) is 23.2. The van der Waals surface area contributed by atoms with E-state index >= 15 is 0 Å². The van der Waals surface area contributed by atoms with E-state index in [1.165, 1.54) is 30.3 Å². The number of nitrogens with two attached hydrogens (primary N) is 1. The first-order chi connectivity index (χ1) is 22.2. The van der Waals surface area contributed by atoms with Crippen LogP contribution in [-0.2, 0) is 11.3 Å². The molecule has 0 bridgehead atoms. The fourth-order valence-electron chi connectivity index (χ4n) is 6.91. The number of halogens is 1. The second kappa shape index (κ2) is 11.5. The standard InChI is InChI=1S/C31H29FN8O2S4/c1-14-6-25-34-11-16(12-39(25)37-14)31-36-29-27(46-31)26(28(33)42)38-40(29)13-21(41)19-8-17(32)9-20(19)30(43)35-18-3-2-15(7-18)23-10-24-22(45-23)4-5-44-24/h4-6,10-12,15,17-20H,2-3,7-9,13H2,1H3,(H2,33,42)(H,35,43)/t15?,17-,18?,19?,20+/m0/s1. The summed E-state index contributed by atoms with van der Waals surface area (Å²) in [5.41, 5.74) is 8.32. The molecule has 6 heterocycles. The molecule has 1 amide bonds. The molecular weight excluding hydrogens is 664 g/mol. The third-order valence-electron chi connectivity index (χ3n) is 9.11. The van der Waals surface area contributed by atoms with Crippen molar-refractivity contribution in [1.29, 1.82) is 0 Å². The summed E-state index contributed by atoms with van der Waals surface area (Å²) in [4.78, 5) is 37.3. The number of thiocarbonyl (C=S) groups is 1. The lowest BCUT2D eigenvalue weighted by Crippen LogP contribution is -2.39. The van der Waals surface area contributed by atoms with Gasteiger partial charge in [-0.1, -0.05) is 12.2 Å². The molecule has 2 aliphatic carbocycles. The number of nitrogens with zero attached hydrogens (tertiary/aromatic N) is 6. The molecule has 3 N–H and O–H groups in total. The predicted molar refractivity (Wildman–Crippen MR) is 183 cm³/mol. The molecule has 0 aliphatic heterocycles. The van der Waals surface area contributed by atoms with E-state index in [9.17, 15) is 14.0 Å². The van der Waals surface area contributed by atoms with Gasteiger partial charge in [0.05, 0.1) is 10.7 Å². The number of Topliss-reactive ketones (excluding diaryl/α,β-unsaturated/α-hetero) is 1. The summed E-state index contributed by atoms with van der Waals surface area (Å²) >= 11 is 10.7. The van der Waals surface area contributed by atoms with Crippen LogP contribution in [0.25, 0.3) is 36.0 Å². The minimum atomic E-state index is -1.12. The van der Waals surface area contributed by atoms with Gasteiger partial charge in [-0.15, -0.1) is 34.0 Å². The summed E-state index contributed by atoms with van der Waals surface area (Å²) < 4.78 is 21.1. The minimum Gasteiger partial charge on any atom is -0.377 e. The molecule has 46 heavy (non-hydrogen) atoms. The Labute approximate surface area is 279 Å². The summed E-state index contributed by atoms with van der Waals surface area (Å²) in [5, 5.41) is 15.0. The second-order valence-corrected chi connectivity index (χ2v) is 15.7. The van der Waals surface area contributed by atoms with E-state index in [0.717, 1.165) is 25.0 Å². The lowest BCUT2D eigenvalue weighted by molar-refractivity contribution is -0.124. The van der Waals surface area contributed by atoms with Crippen molar-refractivity contribution in [1.82, 2.24) is 34.7 Å². The van der Waals surface area contributed by atoms with Crippen LogP contribution in [0, 0.1) is 18.8 Å².